The molecule has 0 radical (unpaired) electrons. The van der Waals surface area contributed by atoms with Crippen LogP contribution in [0.4, 0.5) is 0 Å². The largest absolute Gasteiger partial charge is 0.465 e. The third kappa shape index (κ3) is 2.89. The number of nitrogens with zero attached hydrogens (tertiary/aromatic N) is 1. The summed E-state index contributed by atoms with van der Waals surface area (Å²) in [6, 6.07) is 15.9. The quantitative estimate of drug-likeness (QED) is 0.604. The zero-order chi connectivity index (χ0) is 17.6. The highest BCUT2D eigenvalue weighted by atomic mass is 35.5. The smallest absolute Gasteiger partial charge is 0.337 e. The molecule has 0 saturated heterocycles. The van der Waals surface area contributed by atoms with E-state index in [-0.39, 0.29) is 5.97 Å². The van der Waals surface area contributed by atoms with E-state index in [0.717, 1.165) is 23.2 Å². The van der Waals surface area contributed by atoms with Gasteiger partial charge < -0.3 is 4.74 Å². The Kier molecular flexibility index (Phi) is 3.97. The van der Waals surface area contributed by atoms with Crippen LogP contribution in [0.1, 0.15) is 45.4 Å². The average Bonchev–Trinajstić information content (AvgIpc) is 3.40. The first-order chi connectivity index (χ1) is 12.1. The van der Waals surface area contributed by atoms with Crippen molar-refractivity contribution in [2.24, 2.45) is 0 Å². The van der Waals surface area contributed by atoms with Crippen LogP contribution in [0, 0.1) is 6.92 Å². The van der Waals surface area contributed by atoms with Gasteiger partial charge in [0, 0.05) is 16.1 Å². The third-order valence-electron chi connectivity index (χ3n) is 4.89. The van der Waals surface area contributed by atoms with Crippen molar-refractivity contribution in [3.63, 3.8) is 0 Å². The van der Waals surface area contributed by atoms with Crippen LogP contribution in [0.2, 0.25) is 5.02 Å². The molecule has 0 aliphatic heterocycles. The summed E-state index contributed by atoms with van der Waals surface area (Å²) in [5, 5.41) is 1.84. The molecule has 1 fully saturated rings. The van der Waals surface area contributed by atoms with Gasteiger partial charge in [-0.3, -0.25) is 4.98 Å². The van der Waals surface area contributed by atoms with Crippen LogP contribution in [-0.4, -0.2) is 18.1 Å². The van der Waals surface area contributed by atoms with E-state index in [2.05, 4.69) is 29.2 Å². The van der Waals surface area contributed by atoms with Crippen LogP contribution in [0.15, 0.2) is 48.5 Å². The highest BCUT2D eigenvalue weighted by Crippen LogP contribution is 2.57. The summed E-state index contributed by atoms with van der Waals surface area (Å²) in [6.07, 6.45) is 1.06. The number of rotatable bonds is 3. The number of carbonyl (C=O) groups excluding carboxylic acids is 1. The monoisotopic (exact) mass is 351 g/mol. The second kappa shape index (κ2) is 6.16. The average molecular weight is 352 g/mol. The van der Waals surface area contributed by atoms with Crippen molar-refractivity contribution in [3.8, 4) is 0 Å². The van der Waals surface area contributed by atoms with E-state index in [1.54, 1.807) is 12.1 Å². The number of hydrogen-bond acceptors (Lipinski definition) is 3. The van der Waals surface area contributed by atoms with Gasteiger partial charge in [-0.1, -0.05) is 35.9 Å². The molecule has 3 nitrogen and oxygen atoms in total. The minimum Gasteiger partial charge on any atom is -0.465 e. The molecule has 2 unspecified atom stereocenters. The summed E-state index contributed by atoms with van der Waals surface area (Å²) in [5.74, 6) is 0.453. The molecular weight excluding hydrogens is 334 g/mol. The van der Waals surface area contributed by atoms with E-state index < -0.39 is 0 Å². The highest BCUT2D eigenvalue weighted by Gasteiger charge is 2.41. The predicted molar refractivity (Wildman–Crippen MR) is 99.4 cm³/mol. The minimum absolute atomic E-state index is 0.364. The van der Waals surface area contributed by atoms with Gasteiger partial charge in [-0.05, 0) is 60.6 Å². The summed E-state index contributed by atoms with van der Waals surface area (Å²) in [7, 11) is 1.37. The van der Waals surface area contributed by atoms with Gasteiger partial charge in [0.1, 0.15) is 0 Å². The summed E-state index contributed by atoms with van der Waals surface area (Å²) >= 11 is 6.45. The Morgan fingerprint density at radius 2 is 1.88 bits per heavy atom. The number of hydrogen-bond donors (Lipinski definition) is 0. The van der Waals surface area contributed by atoms with Crippen molar-refractivity contribution in [1.82, 2.24) is 4.98 Å². The van der Waals surface area contributed by atoms with Crippen LogP contribution < -0.4 is 0 Å². The molecule has 4 rings (SSSR count). The van der Waals surface area contributed by atoms with Crippen LogP contribution in [0.25, 0.3) is 10.9 Å². The number of halogens is 1. The van der Waals surface area contributed by atoms with Gasteiger partial charge in [0.2, 0.25) is 0 Å². The number of aryl methyl sites for hydroxylation is 1. The van der Waals surface area contributed by atoms with Gasteiger partial charge in [0.25, 0.3) is 0 Å². The molecule has 1 aliphatic rings. The second-order valence-corrected chi connectivity index (χ2v) is 6.95. The number of fused-ring (bicyclic) bond motifs is 1. The number of pyridine rings is 1. The lowest BCUT2D eigenvalue weighted by Gasteiger charge is -2.09. The van der Waals surface area contributed by atoms with Crippen LogP contribution in [0.3, 0.4) is 0 Å². The SMILES string of the molecule is COC(=O)c1ccc(C2CC2c2cc(C)nc3ccccc23)c(Cl)c1. The molecule has 25 heavy (non-hydrogen) atoms. The van der Waals surface area contributed by atoms with Crippen molar-refractivity contribution >= 4 is 28.5 Å². The van der Waals surface area contributed by atoms with Gasteiger partial charge >= 0.3 is 5.97 Å². The topological polar surface area (TPSA) is 39.2 Å². The number of para-hydroxylation sites is 1. The van der Waals surface area contributed by atoms with Gasteiger partial charge in [0.15, 0.2) is 0 Å². The van der Waals surface area contributed by atoms with Crippen molar-refractivity contribution in [2.45, 2.75) is 25.2 Å². The van der Waals surface area contributed by atoms with E-state index in [4.69, 9.17) is 16.3 Å². The first-order valence-electron chi connectivity index (χ1n) is 8.32. The molecule has 2 aromatic carbocycles. The van der Waals surface area contributed by atoms with Crippen molar-refractivity contribution in [3.05, 3.63) is 75.9 Å². The number of esters is 1. The Balaban J connectivity index is 1.68. The number of ether oxygens (including phenoxy) is 1. The normalized spacial score (nSPS) is 19.0. The number of methoxy groups -OCH3 is 1. The van der Waals surface area contributed by atoms with Gasteiger partial charge in [0.05, 0.1) is 18.2 Å². The Labute approximate surface area is 151 Å². The molecule has 3 aromatic rings. The molecule has 0 spiro atoms. The Morgan fingerprint density at radius 3 is 2.64 bits per heavy atom. The molecule has 1 heterocycles. The van der Waals surface area contributed by atoms with Crippen molar-refractivity contribution in [2.75, 3.05) is 7.11 Å². The number of aromatic nitrogens is 1. The highest BCUT2D eigenvalue weighted by molar-refractivity contribution is 6.31. The summed E-state index contributed by atoms with van der Waals surface area (Å²) in [4.78, 5) is 16.3. The Hall–Kier alpha value is -2.39. The first kappa shape index (κ1) is 16.1. The standard InChI is InChI=1S/C21H18ClNO2/c1-12-9-16(15-5-3-4-6-20(15)23-12)18-11-17(18)14-8-7-13(10-19(14)22)21(24)25-2/h3-10,17-18H,11H2,1-2H3. The second-order valence-electron chi connectivity index (χ2n) is 6.55. The maximum absolute atomic E-state index is 11.6. The molecular formula is C21H18ClNO2. The van der Waals surface area contributed by atoms with E-state index in [1.165, 1.54) is 18.1 Å². The molecule has 0 bridgehead atoms. The van der Waals surface area contributed by atoms with E-state index >= 15 is 0 Å². The Bertz CT molecular complexity index is 983. The van der Waals surface area contributed by atoms with Crippen LogP contribution in [-0.2, 0) is 4.74 Å². The van der Waals surface area contributed by atoms with Gasteiger partial charge in [-0.2, -0.15) is 0 Å². The van der Waals surface area contributed by atoms with Gasteiger partial charge in [-0.25, -0.2) is 4.79 Å². The lowest BCUT2D eigenvalue weighted by molar-refractivity contribution is 0.0600. The summed E-state index contributed by atoms with van der Waals surface area (Å²) in [6.45, 7) is 2.03. The maximum atomic E-state index is 11.6. The molecule has 126 valence electrons. The van der Waals surface area contributed by atoms with Crippen LogP contribution >= 0.6 is 11.6 Å². The molecule has 1 saturated carbocycles. The zero-order valence-corrected chi connectivity index (χ0v) is 14.9. The molecule has 0 amide bonds. The molecule has 4 heteroatoms. The van der Waals surface area contributed by atoms with Crippen molar-refractivity contribution in [1.29, 1.82) is 0 Å². The number of carbonyl (C=O) groups is 1. The first-order valence-corrected chi connectivity index (χ1v) is 8.70. The van der Waals surface area contributed by atoms with E-state index in [0.29, 0.717) is 22.4 Å². The third-order valence-corrected chi connectivity index (χ3v) is 5.21. The summed E-state index contributed by atoms with van der Waals surface area (Å²) in [5.41, 5.74) is 4.99. The predicted octanol–water partition coefficient (Wildman–Crippen LogP) is 5.25. The molecule has 1 aromatic heterocycles. The number of benzene rings is 2. The van der Waals surface area contributed by atoms with Crippen molar-refractivity contribution < 1.29 is 9.53 Å². The van der Waals surface area contributed by atoms with Gasteiger partial charge in [-0.15, -0.1) is 0 Å². The van der Waals surface area contributed by atoms with Crippen LogP contribution in [0.5, 0.6) is 0 Å². The lowest BCUT2D eigenvalue weighted by Crippen LogP contribution is -2.01. The van der Waals surface area contributed by atoms with E-state index in [1.807, 2.05) is 19.1 Å². The fraction of sp³-hybridized carbons (Fsp3) is 0.238. The lowest BCUT2D eigenvalue weighted by atomic mass is 9.99. The fourth-order valence-electron chi connectivity index (χ4n) is 3.60. The Morgan fingerprint density at radius 1 is 1.12 bits per heavy atom. The minimum atomic E-state index is -0.364. The molecule has 0 N–H and O–H groups in total. The maximum Gasteiger partial charge on any atom is 0.337 e. The van der Waals surface area contributed by atoms with E-state index in [9.17, 15) is 4.79 Å². The zero-order valence-electron chi connectivity index (χ0n) is 14.1. The molecule has 2 atom stereocenters. The molecule has 1 aliphatic carbocycles. The fourth-order valence-corrected chi connectivity index (χ4v) is 3.92. The summed E-state index contributed by atoms with van der Waals surface area (Å²) < 4.78 is 4.75.